The van der Waals surface area contributed by atoms with Gasteiger partial charge in [-0.1, -0.05) is 31.4 Å². The second-order valence-electron chi connectivity index (χ2n) is 7.51. The van der Waals surface area contributed by atoms with Crippen molar-refractivity contribution in [3.8, 4) is 0 Å². The quantitative estimate of drug-likeness (QED) is 0.765. The summed E-state index contributed by atoms with van der Waals surface area (Å²) in [6, 6.07) is 6.74. The van der Waals surface area contributed by atoms with E-state index in [0.717, 1.165) is 31.6 Å². The van der Waals surface area contributed by atoms with E-state index in [1.807, 2.05) is 12.1 Å². The highest BCUT2D eigenvalue weighted by Gasteiger charge is 2.26. The SMILES string of the molecule is O=C(NCC1CCCCC1)NC[C@H]1CNCC[C@H]1c1ccc(F)cc1. The topological polar surface area (TPSA) is 53.2 Å². The Morgan fingerprint density at radius 1 is 1.04 bits per heavy atom. The van der Waals surface area contributed by atoms with Gasteiger partial charge in [0.05, 0.1) is 0 Å². The zero-order chi connectivity index (χ0) is 17.5. The molecule has 138 valence electrons. The minimum absolute atomic E-state index is 0.0611. The summed E-state index contributed by atoms with van der Waals surface area (Å²) in [5, 5.41) is 9.48. The lowest BCUT2D eigenvalue weighted by atomic mass is 9.81. The van der Waals surface area contributed by atoms with Crippen LogP contribution in [0.25, 0.3) is 0 Å². The molecule has 2 amide bonds. The van der Waals surface area contributed by atoms with Crippen LogP contribution in [0.5, 0.6) is 0 Å². The fourth-order valence-electron chi connectivity index (χ4n) is 4.20. The molecule has 0 radical (unpaired) electrons. The van der Waals surface area contributed by atoms with Crippen molar-refractivity contribution >= 4 is 6.03 Å². The molecule has 5 heteroatoms. The van der Waals surface area contributed by atoms with Gasteiger partial charge in [0, 0.05) is 19.6 Å². The molecular weight excluding hydrogens is 317 g/mol. The van der Waals surface area contributed by atoms with Gasteiger partial charge in [0.2, 0.25) is 0 Å². The predicted octanol–water partition coefficient (Wildman–Crippen LogP) is 3.40. The highest BCUT2D eigenvalue weighted by molar-refractivity contribution is 5.73. The molecule has 1 aromatic rings. The van der Waals surface area contributed by atoms with Gasteiger partial charge >= 0.3 is 6.03 Å². The van der Waals surface area contributed by atoms with Crippen LogP contribution in [-0.2, 0) is 0 Å². The molecule has 1 aliphatic carbocycles. The summed E-state index contributed by atoms with van der Waals surface area (Å²) in [6.45, 7) is 3.28. The van der Waals surface area contributed by atoms with Crippen LogP contribution < -0.4 is 16.0 Å². The molecule has 1 aliphatic heterocycles. The minimum atomic E-state index is -0.200. The molecule has 1 saturated carbocycles. The summed E-state index contributed by atoms with van der Waals surface area (Å²) in [5.74, 6) is 1.14. The Hall–Kier alpha value is -1.62. The smallest absolute Gasteiger partial charge is 0.314 e. The first-order valence-electron chi connectivity index (χ1n) is 9.70. The second-order valence-corrected chi connectivity index (χ2v) is 7.51. The van der Waals surface area contributed by atoms with Crippen LogP contribution in [0.15, 0.2) is 24.3 Å². The van der Waals surface area contributed by atoms with Gasteiger partial charge in [-0.15, -0.1) is 0 Å². The molecule has 4 nitrogen and oxygen atoms in total. The summed E-state index contributed by atoms with van der Waals surface area (Å²) >= 11 is 0. The van der Waals surface area contributed by atoms with Crippen molar-refractivity contribution < 1.29 is 9.18 Å². The highest BCUT2D eigenvalue weighted by atomic mass is 19.1. The van der Waals surface area contributed by atoms with Crippen LogP contribution >= 0.6 is 0 Å². The maximum atomic E-state index is 13.2. The molecule has 2 aliphatic rings. The largest absolute Gasteiger partial charge is 0.338 e. The summed E-state index contributed by atoms with van der Waals surface area (Å²) in [6.07, 6.45) is 7.41. The monoisotopic (exact) mass is 347 g/mol. The van der Waals surface area contributed by atoms with Crippen molar-refractivity contribution in [1.82, 2.24) is 16.0 Å². The number of piperidine rings is 1. The van der Waals surface area contributed by atoms with Crippen LogP contribution in [0.2, 0.25) is 0 Å². The Morgan fingerprint density at radius 2 is 1.76 bits per heavy atom. The molecule has 3 N–H and O–H groups in total. The van der Waals surface area contributed by atoms with Gasteiger partial charge < -0.3 is 16.0 Å². The summed E-state index contributed by atoms with van der Waals surface area (Å²) in [5.41, 5.74) is 1.16. The van der Waals surface area contributed by atoms with Crippen LogP contribution in [0.3, 0.4) is 0 Å². The average molecular weight is 347 g/mol. The first-order valence-corrected chi connectivity index (χ1v) is 9.70. The van der Waals surface area contributed by atoms with Crippen LogP contribution in [0, 0.1) is 17.7 Å². The molecule has 2 atom stereocenters. The summed E-state index contributed by atoms with van der Waals surface area (Å²) in [4.78, 5) is 12.1. The van der Waals surface area contributed by atoms with E-state index < -0.39 is 0 Å². The number of hydrogen-bond donors (Lipinski definition) is 3. The number of halogens is 1. The Bertz CT molecular complexity index is 542. The average Bonchev–Trinajstić information content (AvgIpc) is 2.66. The summed E-state index contributed by atoms with van der Waals surface area (Å²) < 4.78 is 13.2. The number of hydrogen-bond acceptors (Lipinski definition) is 2. The van der Waals surface area contributed by atoms with E-state index in [1.54, 1.807) is 0 Å². The molecule has 1 heterocycles. The van der Waals surface area contributed by atoms with Crippen molar-refractivity contribution in [3.63, 3.8) is 0 Å². The first kappa shape index (κ1) is 18.2. The van der Waals surface area contributed by atoms with Gasteiger partial charge in [-0.2, -0.15) is 0 Å². The number of urea groups is 1. The number of nitrogens with one attached hydrogen (secondary N) is 3. The van der Waals surface area contributed by atoms with Gasteiger partial charge in [0.15, 0.2) is 0 Å². The molecule has 2 fully saturated rings. The first-order chi connectivity index (χ1) is 12.2. The van der Waals surface area contributed by atoms with E-state index in [9.17, 15) is 9.18 Å². The van der Waals surface area contributed by atoms with Gasteiger partial charge in [-0.3, -0.25) is 0 Å². The lowest BCUT2D eigenvalue weighted by Crippen LogP contribution is -2.45. The van der Waals surface area contributed by atoms with Gasteiger partial charge in [0.1, 0.15) is 5.82 Å². The normalized spacial score (nSPS) is 24.7. The van der Waals surface area contributed by atoms with Crippen molar-refractivity contribution in [1.29, 1.82) is 0 Å². The van der Waals surface area contributed by atoms with Gasteiger partial charge in [0.25, 0.3) is 0 Å². The molecule has 3 rings (SSSR count). The molecule has 1 saturated heterocycles. The molecule has 0 bridgehead atoms. The predicted molar refractivity (Wildman–Crippen MR) is 98.1 cm³/mol. The third-order valence-corrected chi connectivity index (χ3v) is 5.71. The van der Waals surface area contributed by atoms with E-state index in [4.69, 9.17) is 0 Å². The third kappa shape index (κ3) is 5.43. The van der Waals surface area contributed by atoms with Gasteiger partial charge in [-0.25, -0.2) is 9.18 Å². The maximum absolute atomic E-state index is 13.2. The maximum Gasteiger partial charge on any atom is 0.314 e. The van der Waals surface area contributed by atoms with E-state index in [-0.39, 0.29) is 11.8 Å². The van der Waals surface area contributed by atoms with Crippen LogP contribution in [0.1, 0.15) is 50.0 Å². The molecule has 0 aromatic heterocycles. The Balaban J connectivity index is 1.46. The molecule has 0 unspecified atom stereocenters. The zero-order valence-electron chi connectivity index (χ0n) is 14.9. The van der Waals surface area contributed by atoms with Gasteiger partial charge in [-0.05, 0) is 61.3 Å². The Kier molecular flexibility index (Phi) is 6.68. The molecule has 1 aromatic carbocycles. The molecular formula is C20H30FN3O. The highest BCUT2D eigenvalue weighted by Crippen LogP contribution is 2.30. The number of amides is 2. The molecule has 25 heavy (non-hydrogen) atoms. The zero-order valence-corrected chi connectivity index (χ0v) is 14.9. The number of rotatable bonds is 5. The lowest BCUT2D eigenvalue weighted by molar-refractivity contribution is 0.230. The van der Waals surface area contributed by atoms with E-state index >= 15 is 0 Å². The second kappa shape index (κ2) is 9.18. The van der Waals surface area contributed by atoms with Crippen LogP contribution in [-0.4, -0.2) is 32.2 Å². The summed E-state index contributed by atoms with van der Waals surface area (Å²) in [7, 11) is 0. The number of benzene rings is 1. The van der Waals surface area contributed by atoms with Crippen molar-refractivity contribution in [3.05, 3.63) is 35.6 Å². The van der Waals surface area contributed by atoms with Crippen molar-refractivity contribution in [2.45, 2.75) is 44.4 Å². The lowest BCUT2D eigenvalue weighted by Gasteiger charge is -2.33. The van der Waals surface area contributed by atoms with E-state index in [0.29, 0.717) is 24.3 Å². The third-order valence-electron chi connectivity index (χ3n) is 5.71. The minimum Gasteiger partial charge on any atom is -0.338 e. The van der Waals surface area contributed by atoms with E-state index in [1.165, 1.54) is 44.2 Å². The van der Waals surface area contributed by atoms with Crippen molar-refractivity contribution in [2.24, 2.45) is 11.8 Å². The Morgan fingerprint density at radius 3 is 2.52 bits per heavy atom. The number of carbonyl (C=O) groups is 1. The van der Waals surface area contributed by atoms with Crippen LogP contribution in [0.4, 0.5) is 9.18 Å². The van der Waals surface area contributed by atoms with E-state index in [2.05, 4.69) is 16.0 Å². The fourth-order valence-corrected chi connectivity index (χ4v) is 4.20. The fraction of sp³-hybridized carbons (Fsp3) is 0.650. The Labute approximate surface area is 150 Å². The number of carbonyl (C=O) groups excluding carboxylic acids is 1. The standard InChI is InChI=1S/C20H30FN3O/c21-18-8-6-16(7-9-18)19-10-11-22-13-17(19)14-24-20(25)23-12-15-4-2-1-3-5-15/h6-9,15,17,19,22H,1-5,10-14H2,(H2,23,24,25)/t17-,19+/m1/s1. The van der Waals surface area contributed by atoms with Crippen molar-refractivity contribution in [2.75, 3.05) is 26.2 Å². The molecule has 0 spiro atoms.